The smallest absolute Gasteiger partial charge is 0.337 e. The van der Waals surface area contributed by atoms with Crippen molar-refractivity contribution >= 4 is 50.2 Å². The van der Waals surface area contributed by atoms with E-state index in [0.717, 1.165) is 53.1 Å². The lowest BCUT2D eigenvalue weighted by atomic mass is 10.1. The van der Waals surface area contributed by atoms with Crippen LogP contribution in [0.25, 0.3) is 10.2 Å². The number of aromatic nitrogens is 1. The Bertz CT molecular complexity index is 1080. The highest BCUT2D eigenvalue weighted by molar-refractivity contribution is 7.22. The molecule has 0 bridgehead atoms. The first-order chi connectivity index (χ1) is 15.0. The molecule has 1 saturated heterocycles. The van der Waals surface area contributed by atoms with Crippen LogP contribution in [-0.4, -0.2) is 68.1 Å². The average molecular weight is 459 g/mol. The van der Waals surface area contributed by atoms with E-state index in [1.54, 1.807) is 35.6 Å². The van der Waals surface area contributed by atoms with E-state index in [4.69, 9.17) is 16.6 Å². The Balaban J connectivity index is 1.23. The topological polar surface area (TPSA) is 74.8 Å². The molecule has 9 heteroatoms. The third-order valence-corrected chi connectivity index (χ3v) is 6.58. The van der Waals surface area contributed by atoms with Crippen molar-refractivity contribution in [2.75, 3.05) is 51.3 Å². The number of carbonyl (C=O) groups is 2. The highest BCUT2D eigenvalue weighted by Gasteiger charge is 2.20. The molecule has 7 nitrogen and oxygen atoms in total. The summed E-state index contributed by atoms with van der Waals surface area (Å²) in [5.74, 6) is -0.566. The molecule has 0 spiro atoms. The predicted molar refractivity (Wildman–Crippen MR) is 123 cm³/mol. The van der Waals surface area contributed by atoms with Crippen molar-refractivity contribution in [1.29, 1.82) is 0 Å². The van der Waals surface area contributed by atoms with Crippen LogP contribution in [-0.2, 0) is 4.74 Å². The molecule has 1 fully saturated rings. The molecular formula is C22H23ClN4O3S. The van der Waals surface area contributed by atoms with Crippen molar-refractivity contribution in [3.8, 4) is 0 Å². The molecule has 1 amide bonds. The molecule has 0 radical (unpaired) electrons. The van der Waals surface area contributed by atoms with E-state index in [1.807, 2.05) is 18.2 Å². The Morgan fingerprint density at radius 2 is 1.81 bits per heavy atom. The lowest BCUT2D eigenvalue weighted by Gasteiger charge is -2.34. The quantitative estimate of drug-likeness (QED) is 0.571. The first kappa shape index (κ1) is 21.5. The first-order valence-corrected chi connectivity index (χ1v) is 11.2. The minimum atomic E-state index is -0.416. The van der Waals surface area contributed by atoms with Crippen molar-refractivity contribution in [2.45, 2.75) is 0 Å². The second-order valence-corrected chi connectivity index (χ2v) is 8.71. The molecule has 0 aliphatic carbocycles. The van der Waals surface area contributed by atoms with E-state index in [0.29, 0.717) is 17.7 Å². The Hall–Kier alpha value is -2.68. The molecule has 1 N–H and O–H groups in total. The Morgan fingerprint density at radius 3 is 2.52 bits per heavy atom. The number of esters is 1. The molecule has 31 heavy (non-hydrogen) atoms. The van der Waals surface area contributed by atoms with Gasteiger partial charge in [0.15, 0.2) is 5.13 Å². The number of ether oxygens (including phenoxy) is 1. The monoisotopic (exact) mass is 458 g/mol. The highest BCUT2D eigenvalue weighted by atomic mass is 35.5. The number of hydrogen-bond donors (Lipinski definition) is 1. The lowest BCUT2D eigenvalue weighted by molar-refractivity contribution is 0.0600. The molecule has 2 heterocycles. The number of anilines is 1. The summed E-state index contributed by atoms with van der Waals surface area (Å²) in [4.78, 5) is 33.1. The second kappa shape index (κ2) is 9.64. The Labute approximate surface area is 189 Å². The standard InChI is InChI=1S/C22H23ClN4O3S/c1-30-21(29)16-4-2-15(3-5-16)20(28)24-8-9-26-10-12-27(13-11-26)22-25-18-7-6-17(23)14-19(18)31-22/h2-7,14H,8-13H2,1H3,(H,24,28). The van der Waals surface area contributed by atoms with Gasteiger partial charge in [-0.25, -0.2) is 9.78 Å². The van der Waals surface area contributed by atoms with Gasteiger partial charge in [0.25, 0.3) is 5.91 Å². The van der Waals surface area contributed by atoms with Crippen molar-refractivity contribution in [1.82, 2.24) is 15.2 Å². The molecular weight excluding hydrogens is 436 g/mol. The van der Waals surface area contributed by atoms with Gasteiger partial charge in [-0.15, -0.1) is 0 Å². The number of amides is 1. The minimum Gasteiger partial charge on any atom is -0.465 e. The zero-order valence-electron chi connectivity index (χ0n) is 17.1. The normalized spacial score (nSPS) is 14.6. The molecule has 3 aromatic rings. The van der Waals surface area contributed by atoms with E-state index in [2.05, 4.69) is 19.9 Å². The van der Waals surface area contributed by atoms with Crippen molar-refractivity contribution < 1.29 is 14.3 Å². The number of nitrogens with zero attached hydrogens (tertiary/aromatic N) is 3. The van der Waals surface area contributed by atoms with Crippen LogP contribution in [0.1, 0.15) is 20.7 Å². The lowest BCUT2D eigenvalue weighted by Crippen LogP contribution is -2.48. The molecule has 1 aliphatic rings. The minimum absolute atomic E-state index is 0.150. The number of thiazole rings is 1. The van der Waals surface area contributed by atoms with Crippen LogP contribution < -0.4 is 10.2 Å². The van der Waals surface area contributed by atoms with Gasteiger partial charge in [0, 0.05) is 49.9 Å². The van der Waals surface area contributed by atoms with E-state index in [9.17, 15) is 9.59 Å². The Kier molecular flexibility index (Phi) is 6.70. The summed E-state index contributed by atoms with van der Waals surface area (Å²) in [5.41, 5.74) is 1.93. The van der Waals surface area contributed by atoms with E-state index < -0.39 is 5.97 Å². The van der Waals surface area contributed by atoms with Crippen LogP contribution in [0, 0.1) is 0 Å². The number of hydrogen-bond acceptors (Lipinski definition) is 7. The average Bonchev–Trinajstić information content (AvgIpc) is 3.22. The maximum atomic E-state index is 12.3. The number of rotatable bonds is 6. The highest BCUT2D eigenvalue weighted by Crippen LogP contribution is 2.31. The number of benzene rings is 2. The van der Waals surface area contributed by atoms with E-state index in [-0.39, 0.29) is 5.91 Å². The molecule has 1 aromatic heterocycles. The van der Waals surface area contributed by atoms with Gasteiger partial charge >= 0.3 is 5.97 Å². The van der Waals surface area contributed by atoms with Crippen LogP contribution in [0.15, 0.2) is 42.5 Å². The molecule has 0 saturated carbocycles. The van der Waals surface area contributed by atoms with Crippen LogP contribution in [0.4, 0.5) is 5.13 Å². The van der Waals surface area contributed by atoms with Crippen molar-refractivity contribution in [3.05, 3.63) is 58.6 Å². The van der Waals surface area contributed by atoms with Gasteiger partial charge in [-0.2, -0.15) is 0 Å². The largest absolute Gasteiger partial charge is 0.465 e. The van der Waals surface area contributed by atoms with Gasteiger partial charge in [0.05, 0.1) is 22.9 Å². The van der Waals surface area contributed by atoms with Gasteiger partial charge in [-0.3, -0.25) is 9.69 Å². The summed E-state index contributed by atoms with van der Waals surface area (Å²) in [6.07, 6.45) is 0. The summed E-state index contributed by atoms with van der Waals surface area (Å²) < 4.78 is 5.77. The SMILES string of the molecule is COC(=O)c1ccc(C(=O)NCCN2CCN(c3nc4ccc(Cl)cc4s3)CC2)cc1. The van der Waals surface area contributed by atoms with Gasteiger partial charge in [-0.1, -0.05) is 22.9 Å². The molecule has 162 valence electrons. The summed E-state index contributed by atoms with van der Waals surface area (Å²) in [7, 11) is 1.33. The number of carbonyl (C=O) groups excluding carboxylic acids is 2. The van der Waals surface area contributed by atoms with Gasteiger partial charge in [-0.05, 0) is 42.5 Å². The number of halogens is 1. The fourth-order valence-corrected chi connectivity index (χ4v) is 4.78. The Morgan fingerprint density at radius 1 is 1.10 bits per heavy atom. The number of methoxy groups -OCH3 is 1. The number of fused-ring (bicyclic) bond motifs is 1. The van der Waals surface area contributed by atoms with Crippen LogP contribution >= 0.6 is 22.9 Å². The number of nitrogens with one attached hydrogen (secondary N) is 1. The summed E-state index contributed by atoms with van der Waals surface area (Å²) in [6.45, 7) is 4.99. The summed E-state index contributed by atoms with van der Waals surface area (Å²) >= 11 is 7.75. The second-order valence-electron chi connectivity index (χ2n) is 7.26. The first-order valence-electron chi connectivity index (χ1n) is 10.0. The molecule has 4 rings (SSSR count). The molecule has 1 aliphatic heterocycles. The van der Waals surface area contributed by atoms with Crippen LogP contribution in [0.2, 0.25) is 5.02 Å². The third kappa shape index (κ3) is 5.15. The van der Waals surface area contributed by atoms with Crippen molar-refractivity contribution in [3.63, 3.8) is 0 Å². The van der Waals surface area contributed by atoms with E-state index in [1.165, 1.54) is 7.11 Å². The summed E-state index contributed by atoms with van der Waals surface area (Å²) in [6, 6.07) is 12.2. The fourth-order valence-electron chi connectivity index (χ4n) is 3.49. The zero-order valence-corrected chi connectivity index (χ0v) is 18.7. The van der Waals surface area contributed by atoms with E-state index >= 15 is 0 Å². The molecule has 0 unspecified atom stereocenters. The van der Waals surface area contributed by atoms with Gasteiger partial charge in [0.2, 0.25) is 0 Å². The van der Waals surface area contributed by atoms with Crippen LogP contribution in [0.5, 0.6) is 0 Å². The summed E-state index contributed by atoms with van der Waals surface area (Å²) in [5, 5.41) is 4.70. The van der Waals surface area contributed by atoms with Crippen LogP contribution in [0.3, 0.4) is 0 Å². The van der Waals surface area contributed by atoms with Crippen molar-refractivity contribution in [2.24, 2.45) is 0 Å². The van der Waals surface area contributed by atoms with Gasteiger partial charge in [0.1, 0.15) is 0 Å². The maximum Gasteiger partial charge on any atom is 0.337 e. The third-order valence-electron chi connectivity index (χ3n) is 5.26. The fraction of sp³-hybridized carbons (Fsp3) is 0.318. The predicted octanol–water partition coefficient (Wildman–Crippen LogP) is 3.29. The molecule has 0 atom stereocenters. The maximum absolute atomic E-state index is 12.3. The number of piperazine rings is 1. The molecule has 2 aromatic carbocycles. The van der Waals surface area contributed by atoms with Gasteiger partial charge < -0.3 is 15.0 Å². The zero-order chi connectivity index (χ0) is 21.8.